The van der Waals surface area contributed by atoms with E-state index in [1.54, 1.807) is 0 Å². The van der Waals surface area contributed by atoms with Crippen LogP contribution in [0.3, 0.4) is 0 Å². The molecule has 116 valence electrons. The summed E-state index contributed by atoms with van der Waals surface area (Å²) in [7, 11) is 0. The maximum absolute atomic E-state index is 11.7. The molecule has 0 heterocycles. The Labute approximate surface area is 122 Å². The van der Waals surface area contributed by atoms with Crippen molar-refractivity contribution in [2.45, 2.75) is 71.4 Å². The summed E-state index contributed by atoms with van der Waals surface area (Å²) in [5, 5.41) is 11.9. The van der Waals surface area contributed by atoms with Crippen LogP contribution in [0.1, 0.15) is 59.8 Å². The largest absolute Gasteiger partial charge is 0.444 e. The minimum atomic E-state index is -0.437. The summed E-state index contributed by atoms with van der Waals surface area (Å²) < 4.78 is 5.27. The van der Waals surface area contributed by atoms with E-state index in [9.17, 15) is 4.79 Å². The highest BCUT2D eigenvalue weighted by atomic mass is 16.6. The second-order valence-electron chi connectivity index (χ2n) is 6.81. The van der Waals surface area contributed by atoms with Crippen LogP contribution in [-0.2, 0) is 4.74 Å². The van der Waals surface area contributed by atoms with Crippen molar-refractivity contribution in [3.05, 3.63) is 11.6 Å². The summed E-state index contributed by atoms with van der Waals surface area (Å²) in [5.74, 6) is 0.674. The van der Waals surface area contributed by atoms with Gasteiger partial charge in [-0.15, -0.1) is 0 Å². The highest BCUT2D eigenvalue weighted by molar-refractivity contribution is 5.68. The van der Waals surface area contributed by atoms with E-state index in [0.29, 0.717) is 5.92 Å². The fourth-order valence-corrected chi connectivity index (χ4v) is 2.45. The maximum Gasteiger partial charge on any atom is 0.407 e. The second-order valence-corrected chi connectivity index (χ2v) is 6.81. The van der Waals surface area contributed by atoms with E-state index in [1.807, 2.05) is 27.7 Å². The van der Waals surface area contributed by atoms with Crippen LogP contribution in [-0.4, -0.2) is 29.4 Å². The lowest BCUT2D eigenvalue weighted by Crippen LogP contribution is -2.40. The third-order valence-corrected chi connectivity index (χ3v) is 3.62. The smallest absolute Gasteiger partial charge is 0.407 e. The van der Waals surface area contributed by atoms with Gasteiger partial charge in [-0.1, -0.05) is 11.6 Å². The van der Waals surface area contributed by atoms with Gasteiger partial charge in [0.1, 0.15) is 5.60 Å². The van der Waals surface area contributed by atoms with E-state index in [1.165, 1.54) is 0 Å². The molecule has 0 radical (unpaired) electrons. The predicted molar refractivity (Wildman–Crippen MR) is 80.6 cm³/mol. The van der Waals surface area contributed by atoms with Crippen molar-refractivity contribution >= 4 is 6.09 Å². The third kappa shape index (κ3) is 6.94. The Hall–Kier alpha value is -1.03. The zero-order valence-electron chi connectivity index (χ0n) is 13.2. The summed E-state index contributed by atoms with van der Waals surface area (Å²) in [6, 6.07) is 0.240. The number of alkyl carbamates (subject to hydrolysis) is 1. The highest BCUT2D eigenvalue weighted by Gasteiger charge is 2.24. The maximum atomic E-state index is 11.7. The van der Waals surface area contributed by atoms with E-state index >= 15 is 0 Å². The summed E-state index contributed by atoms with van der Waals surface area (Å²) in [4.78, 5) is 11.7. The molecule has 2 N–H and O–H groups in total. The van der Waals surface area contributed by atoms with Crippen LogP contribution in [0.25, 0.3) is 0 Å². The molecule has 4 nitrogen and oxygen atoms in total. The molecule has 0 bridgehead atoms. The Morgan fingerprint density at radius 1 is 1.30 bits per heavy atom. The fraction of sp³-hybridized carbons (Fsp3) is 0.812. The van der Waals surface area contributed by atoms with E-state index in [4.69, 9.17) is 9.84 Å². The quantitative estimate of drug-likeness (QED) is 0.777. The van der Waals surface area contributed by atoms with Gasteiger partial charge in [-0.25, -0.2) is 4.79 Å². The number of ether oxygens (including phenoxy) is 1. The van der Waals surface area contributed by atoms with E-state index in [-0.39, 0.29) is 18.7 Å². The Morgan fingerprint density at radius 3 is 2.40 bits per heavy atom. The Kier molecular flexibility index (Phi) is 6.53. The lowest BCUT2D eigenvalue weighted by molar-refractivity contribution is 0.0487. The molecular weight excluding hydrogens is 254 g/mol. The number of amides is 1. The molecule has 1 amide bonds. The first-order valence-electron chi connectivity index (χ1n) is 7.56. The summed E-state index contributed by atoms with van der Waals surface area (Å²) in [6.45, 7) is 7.73. The minimum Gasteiger partial charge on any atom is -0.444 e. The molecule has 1 aliphatic carbocycles. The van der Waals surface area contributed by atoms with Crippen molar-refractivity contribution in [3.63, 3.8) is 0 Å². The summed E-state index contributed by atoms with van der Waals surface area (Å²) in [5.41, 5.74) is 0.604. The van der Waals surface area contributed by atoms with Gasteiger partial charge in [-0.3, -0.25) is 0 Å². The number of allylic oxidation sites excluding steroid dienone is 1. The molecule has 1 saturated carbocycles. The van der Waals surface area contributed by atoms with E-state index < -0.39 is 5.60 Å². The van der Waals surface area contributed by atoms with Crippen molar-refractivity contribution < 1.29 is 14.6 Å². The summed E-state index contributed by atoms with van der Waals surface area (Å²) >= 11 is 0. The number of hydrogen-bond donors (Lipinski definition) is 2. The molecule has 0 atom stereocenters. The number of hydrogen-bond acceptors (Lipinski definition) is 3. The molecule has 0 aromatic heterocycles. The normalized spacial score (nSPS) is 24.4. The number of rotatable bonds is 4. The molecule has 0 saturated heterocycles. The molecule has 20 heavy (non-hydrogen) atoms. The Bertz CT molecular complexity index is 336. The van der Waals surface area contributed by atoms with Crippen LogP contribution in [0.5, 0.6) is 0 Å². The number of carbonyl (C=O) groups excluding carboxylic acids is 1. The standard InChI is InChI=1S/C16H29NO3/c1-12(11-18)5-6-13-7-9-14(10-8-13)17-15(19)20-16(2,3)4/h5,13-14,18H,6-11H2,1-4H3,(H,17,19)/b12-5+. The molecule has 0 aliphatic heterocycles. The lowest BCUT2D eigenvalue weighted by Gasteiger charge is -2.29. The van der Waals surface area contributed by atoms with Crippen LogP contribution in [0.2, 0.25) is 0 Å². The molecule has 0 aromatic rings. The highest BCUT2D eigenvalue weighted by Crippen LogP contribution is 2.27. The average Bonchev–Trinajstić information content (AvgIpc) is 2.35. The average molecular weight is 283 g/mol. The summed E-state index contributed by atoms with van der Waals surface area (Å²) in [6.07, 6.45) is 7.12. The molecule has 1 rings (SSSR count). The molecule has 1 aliphatic rings. The van der Waals surface area contributed by atoms with Crippen molar-refractivity contribution in [1.29, 1.82) is 0 Å². The van der Waals surface area contributed by atoms with Gasteiger partial charge in [0, 0.05) is 6.04 Å². The van der Waals surface area contributed by atoms with Gasteiger partial charge in [0.2, 0.25) is 0 Å². The van der Waals surface area contributed by atoms with Crippen molar-refractivity contribution in [2.24, 2.45) is 5.92 Å². The Morgan fingerprint density at radius 2 is 1.90 bits per heavy atom. The molecule has 0 unspecified atom stereocenters. The van der Waals surface area contributed by atoms with E-state index in [0.717, 1.165) is 37.7 Å². The van der Waals surface area contributed by atoms with Crippen molar-refractivity contribution in [3.8, 4) is 0 Å². The zero-order valence-corrected chi connectivity index (χ0v) is 13.2. The minimum absolute atomic E-state index is 0.148. The van der Waals surface area contributed by atoms with E-state index in [2.05, 4.69) is 11.4 Å². The first-order chi connectivity index (χ1) is 9.30. The van der Waals surface area contributed by atoms with Crippen LogP contribution in [0.4, 0.5) is 4.79 Å². The number of carbonyl (C=O) groups is 1. The Balaban J connectivity index is 2.27. The van der Waals surface area contributed by atoms with Gasteiger partial charge in [-0.2, -0.15) is 0 Å². The lowest BCUT2D eigenvalue weighted by atomic mass is 9.84. The fourth-order valence-electron chi connectivity index (χ4n) is 2.45. The van der Waals surface area contributed by atoms with Gasteiger partial charge >= 0.3 is 6.09 Å². The molecule has 0 aromatic carbocycles. The SMILES string of the molecule is C/C(=C\CC1CCC(NC(=O)OC(C)(C)C)CC1)CO. The number of aliphatic hydroxyl groups excluding tert-OH is 1. The van der Waals surface area contributed by atoms with Gasteiger partial charge in [0.05, 0.1) is 6.61 Å². The predicted octanol–water partition coefficient (Wildman–Crippen LogP) is 3.40. The van der Waals surface area contributed by atoms with Gasteiger partial charge in [0.25, 0.3) is 0 Å². The molecule has 4 heteroatoms. The molecule has 1 fully saturated rings. The molecule has 0 spiro atoms. The van der Waals surface area contributed by atoms with Crippen LogP contribution in [0.15, 0.2) is 11.6 Å². The third-order valence-electron chi connectivity index (χ3n) is 3.62. The monoisotopic (exact) mass is 283 g/mol. The van der Waals surface area contributed by atoms with Crippen LogP contribution < -0.4 is 5.32 Å². The van der Waals surface area contributed by atoms with Gasteiger partial charge in [-0.05, 0) is 65.7 Å². The van der Waals surface area contributed by atoms with Gasteiger partial charge in [0.15, 0.2) is 0 Å². The zero-order chi connectivity index (χ0) is 15.2. The van der Waals surface area contributed by atoms with Gasteiger partial charge < -0.3 is 15.2 Å². The van der Waals surface area contributed by atoms with Crippen molar-refractivity contribution in [2.75, 3.05) is 6.61 Å². The van der Waals surface area contributed by atoms with Crippen molar-refractivity contribution in [1.82, 2.24) is 5.32 Å². The first-order valence-corrected chi connectivity index (χ1v) is 7.56. The number of aliphatic hydroxyl groups is 1. The van der Waals surface area contributed by atoms with Crippen LogP contribution >= 0.6 is 0 Å². The molecular formula is C16H29NO3. The topological polar surface area (TPSA) is 58.6 Å². The number of nitrogens with one attached hydrogen (secondary N) is 1. The van der Waals surface area contributed by atoms with Crippen LogP contribution in [0, 0.1) is 5.92 Å². The second kappa shape index (κ2) is 7.67. The first kappa shape index (κ1) is 17.0.